The quantitative estimate of drug-likeness (QED) is 0.593. The molecule has 0 aromatic heterocycles. The number of benzene rings is 2. The molecule has 1 unspecified atom stereocenters. The van der Waals surface area contributed by atoms with Gasteiger partial charge in [0.2, 0.25) is 0 Å². The highest BCUT2D eigenvalue weighted by molar-refractivity contribution is 5.57. The molecule has 0 amide bonds. The molecule has 0 aliphatic carbocycles. The minimum Gasteiger partial charge on any atom is -0.367 e. The summed E-state index contributed by atoms with van der Waals surface area (Å²) in [6.45, 7) is 4.05. The molecule has 0 saturated carbocycles. The predicted molar refractivity (Wildman–Crippen MR) is 121 cm³/mol. The molecular weight excluding hydrogens is 415 g/mol. The second-order valence-corrected chi connectivity index (χ2v) is 8.79. The monoisotopic (exact) mass is 447 g/mol. The van der Waals surface area contributed by atoms with Crippen molar-refractivity contribution in [3.63, 3.8) is 0 Å². The Kier molecular flexibility index (Phi) is 7.38. The molecule has 1 saturated heterocycles. The number of methoxy groups -OCH3 is 1. The van der Waals surface area contributed by atoms with Gasteiger partial charge < -0.3 is 15.0 Å². The van der Waals surface area contributed by atoms with E-state index in [4.69, 9.17) is 4.74 Å². The van der Waals surface area contributed by atoms with Crippen LogP contribution in [0.3, 0.4) is 0 Å². The smallest absolute Gasteiger partial charge is 0.367 e. The number of aryl methyl sites for hydroxylation is 1. The van der Waals surface area contributed by atoms with Crippen LogP contribution in [-0.2, 0) is 23.9 Å². The standard InChI is InChI=1S/C25H32F3N3O/c1-32-24(30-16-18-10-12-29-13-11-18)20-8-9-23-19(15-20)6-4-14-31(23)17-21-5-2-3-7-22(21)25(26,27)28/h2-3,5,7-9,15,18,24,29-30H,4,6,10-14,16-17H2,1H3. The average molecular weight is 448 g/mol. The molecule has 7 heteroatoms. The average Bonchev–Trinajstić information content (AvgIpc) is 2.80. The van der Waals surface area contributed by atoms with Gasteiger partial charge >= 0.3 is 6.18 Å². The lowest BCUT2D eigenvalue weighted by atomic mass is 9.96. The van der Waals surface area contributed by atoms with E-state index in [1.54, 1.807) is 19.2 Å². The van der Waals surface area contributed by atoms with Gasteiger partial charge in [0.05, 0.1) is 5.56 Å². The molecule has 1 fully saturated rings. The number of rotatable bonds is 7. The SMILES string of the molecule is COC(NCC1CCNCC1)c1ccc2c(c1)CCCN2Cc1ccccc1C(F)(F)F. The zero-order valence-corrected chi connectivity index (χ0v) is 18.5. The summed E-state index contributed by atoms with van der Waals surface area (Å²) in [6.07, 6.45) is -0.346. The van der Waals surface area contributed by atoms with Crippen molar-refractivity contribution in [1.29, 1.82) is 0 Å². The summed E-state index contributed by atoms with van der Waals surface area (Å²) >= 11 is 0. The Morgan fingerprint density at radius 3 is 2.69 bits per heavy atom. The van der Waals surface area contributed by atoms with E-state index >= 15 is 0 Å². The highest BCUT2D eigenvalue weighted by Gasteiger charge is 2.33. The molecule has 4 nitrogen and oxygen atoms in total. The van der Waals surface area contributed by atoms with Crippen LogP contribution >= 0.6 is 0 Å². The number of piperidine rings is 1. The maximum Gasteiger partial charge on any atom is 0.416 e. The summed E-state index contributed by atoms with van der Waals surface area (Å²) in [5.74, 6) is 0.649. The molecule has 2 aromatic rings. The van der Waals surface area contributed by atoms with Crippen molar-refractivity contribution >= 4 is 5.69 Å². The van der Waals surface area contributed by atoms with E-state index in [0.29, 0.717) is 11.5 Å². The molecule has 2 heterocycles. The zero-order valence-electron chi connectivity index (χ0n) is 18.5. The number of fused-ring (bicyclic) bond motifs is 1. The van der Waals surface area contributed by atoms with Gasteiger partial charge in [0.15, 0.2) is 0 Å². The van der Waals surface area contributed by atoms with Crippen LogP contribution < -0.4 is 15.5 Å². The molecule has 1 atom stereocenters. The Bertz CT molecular complexity index is 896. The van der Waals surface area contributed by atoms with Crippen LogP contribution in [0.4, 0.5) is 18.9 Å². The summed E-state index contributed by atoms with van der Waals surface area (Å²) < 4.78 is 46.1. The molecule has 0 spiro atoms. The summed E-state index contributed by atoms with van der Waals surface area (Å²) in [5, 5.41) is 6.94. The van der Waals surface area contributed by atoms with Crippen molar-refractivity contribution in [3.8, 4) is 0 Å². The lowest BCUT2D eigenvalue weighted by molar-refractivity contribution is -0.138. The van der Waals surface area contributed by atoms with Gasteiger partial charge in [-0.1, -0.05) is 24.3 Å². The molecule has 0 bridgehead atoms. The Hall–Kier alpha value is -2.09. The minimum atomic E-state index is -4.34. The summed E-state index contributed by atoms with van der Waals surface area (Å²) in [7, 11) is 1.71. The van der Waals surface area contributed by atoms with E-state index in [-0.39, 0.29) is 12.8 Å². The molecule has 2 aliphatic heterocycles. The highest BCUT2D eigenvalue weighted by Crippen LogP contribution is 2.35. The maximum absolute atomic E-state index is 13.4. The molecular formula is C25H32F3N3O. The van der Waals surface area contributed by atoms with Gasteiger partial charge in [0, 0.05) is 32.4 Å². The third-order valence-corrected chi connectivity index (χ3v) is 6.59. The first kappa shape index (κ1) is 23.1. The van der Waals surface area contributed by atoms with E-state index in [2.05, 4.69) is 21.6 Å². The fraction of sp³-hybridized carbons (Fsp3) is 0.520. The van der Waals surface area contributed by atoms with Crippen molar-refractivity contribution in [1.82, 2.24) is 10.6 Å². The zero-order chi connectivity index (χ0) is 22.6. The normalized spacial score (nSPS) is 18.4. The number of hydrogen-bond acceptors (Lipinski definition) is 4. The van der Waals surface area contributed by atoms with E-state index in [1.807, 2.05) is 12.1 Å². The van der Waals surface area contributed by atoms with Crippen molar-refractivity contribution in [2.45, 2.75) is 44.6 Å². The second-order valence-electron chi connectivity index (χ2n) is 8.79. The fourth-order valence-electron chi connectivity index (χ4n) is 4.86. The van der Waals surface area contributed by atoms with Gasteiger partial charge in [-0.05, 0) is 79.6 Å². The number of anilines is 1. The van der Waals surface area contributed by atoms with E-state index in [1.165, 1.54) is 30.5 Å². The third-order valence-electron chi connectivity index (χ3n) is 6.59. The van der Waals surface area contributed by atoms with Gasteiger partial charge in [0.1, 0.15) is 6.23 Å². The van der Waals surface area contributed by atoms with Crippen LogP contribution in [-0.4, -0.2) is 33.3 Å². The Morgan fingerprint density at radius 2 is 1.94 bits per heavy atom. The third kappa shape index (κ3) is 5.45. The number of ether oxygens (including phenoxy) is 1. The summed E-state index contributed by atoms with van der Waals surface area (Å²) in [5.41, 5.74) is 3.02. The fourth-order valence-corrected chi connectivity index (χ4v) is 4.86. The van der Waals surface area contributed by atoms with E-state index in [9.17, 15) is 13.2 Å². The van der Waals surface area contributed by atoms with Crippen LogP contribution in [0.25, 0.3) is 0 Å². The largest absolute Gasteiger partial charge is 0.416 e. The number of alkyl halides is 3. The molecule has 0 radical (unpaired) electrons. The topological polar surface area (TPSA) is 36.5 Å². The predicted octanol–water partition coefficient (Wildman–Crippen LogP) is 4.89. The van der Waals surface area contributed by atoms with Crippen LogP contribution in [0.1, 0.15) is 47.7 Å². The molecule has 4 rings (SSSR count). The first-order valence-corrected chi connectivity index (χ1v) is 11.5. The van der Waals surface area contributed by atoms with Crippen molar-refractivity contribution in [2.24, 2.45) is 5.92 Å². The highest BCUT2D eigenvalue weighted by atomic mass is 19.4. The Morgan fingerprint density at radius 1 is 1.16 bits per heavy atom. The Balaban J connectivity index is 1.49. The number of halogens is 3. The molecule has 174 valence electrons. The second kappa shape index (κ2) is 10.2. The number of nitrogens with zero attached hydrogens (tertiary/aromatic N) is 1. The first-order chi connectivity index (χ1) is 15.5. The van der Waals surface area contributed by atoms with E-state index < -0.39 is 11.7 Å². The van der Waals surface area contributed by atoms with Crippen molar-refractivity contribution < 1.29 is 17.9 Å². The first-order valence-electron chi connectivity index (χ1n) is 11.5. The van der Waals surface area contributed by atoms with Crippen LogP contribution in [0.2, 0.25) is 0 Å². The number of hydrogen-bond donors (Lipinski definition) is 2. The Labute approximate surface area is 188 Å². The number of nitrogens with one attached hydrogen (secondary N) is 2. The van der Waals surface area contributed by atoms with Crippen molar-refractivity contribution in [3.05, 3.63) is 64.7 Å². The van der Waals surface area contributed by atoms with E-state index in [0.717, 1.165) is 50.3 Å². The van der Waals surface area contributed by atoms with Crippen LogP contribution in [0.5, 0.6) is 0 Å². The van der Waals surface area contributed by atoms with Gasteiger partial charge in [-0.3, -0.25) is 5.32 Å². The van der Waals surface area contributed by atoms with Gasteiger partial charge in [-0.15, -0.1) is 0 Å². The van der Waals surface area contributed by atoms with Gasteiger partial charge in [-0.2, -0.15) is 13.2 Å². The minimum absolute atomic E-state index is 0.184. The lowest BCUT2D eigenvalue weighted by Crippen LogP contribution is -2.35. The summed E-state index contributed by atoms with van der Waals surface area (Å²) in [4.78, 5) is 2.07. The summed E-state index contributed by atoms with van der Waals surface area (Å²) in [6, 6.07) is 12.1. The molecule has 2 aliphatic rings. The van der Waals surface area contributed by atoms with Crippen LogP contribution in [0.15, 0.2) is 42.5 Å². The van der Waals surface area contributed by atoms with Crippen molar-refractivity contribution in [2.75, 3.05) is 38.2 Å². The maximum atomic E-state index is 13.4. The molecule has 2 N–H and O–H groups in total. The molecule has 2 aromatic carbocycles. The van der Waals surface area contributed by atoms with Gasteiger partial charge in [0.25, 0.3) is 0 Å². The van der Waals surface area contributed by atoms with Gasteiger partial charge in [-0.25, -0.2) is 0 Å². The van der Waals surface area contributed by atoms with Crippen LogP contribution in [0, 0.1) is 5.92 Å². The lowest BCUT2D eigenvalue weighted by Gasteiger charge is -2.33. The molecule has 32 heavy (non-hydrogen) atoms.